The first-order chi connectivity index (χ1) is 7.81. The topological polar surface area (TPSA) is 26.0 Å². The molecule has 0 atom stereocenters. The zero-order valence-corrected chi connectivity index (χ0v) is 11.4. The molecule has 1 aromatic carbocycles. The summed E-state index contributed by atoms with van der Waals surface area (Å²) in [6.45, 7) is 0.812. The zero-order chi connectivity index (χ0) is 11.4. The van der Waals surface area contributed by atoms with Gasteiger partial charge in [-0.25, -0.2) is 0 Å². The van der Waals surface area contributed by atoms with Gasteiger partial charge in [-0.3, -0.25) is 0 Å². The van der Waals surface area contributed by atoms with Crippen molar-refractivity contribution >= 4 is 15.9 Å². The summed E-state index contributed by atoms with van der Waals surface area (Å²) in [5, 5.41) is 0. The highest BCUT2D eigenvalue weighted by molar-refractivity contribution is 9.10. The largest absolute Gasteiger partial charge is 0.330 e. The molecular formula is C14H20BrN. The molecule has 1 aliphatic carbocycles. The van der Waals surface area contributed by atoms with Crippen molar-refractivity contribution in [2.75, 3.05) is 6.54 Å². The second kappa shape index (κ2) is 5.83. The molecule has 0 aliphatic heterocycles. The van der Waals surface area contributed by atoms with E-state index >= 15 is 0 Å². The Kier molecular flexibility index (Phi) is 4.42. The summed E-state index contributed by atoms with van der Waals surface area (Å²) in [5.74, 6) is 0. The molecule has 0 saturated carbocycles. The maximum Gasteiger partial charge on any atom is 0.0212 e. The molecule has 0 radical (unpaired) electrons. The van der Waals surface area contributed by atoms with E-state index in [-0.39, 0.29) is 0 Å². The molecule has 1 nitrogen and oxygen atoms in total. The SMILES string of the molecule is NCCCCc1cc(Br)c2c(c1)CCCC2. The van der Waals surface area contributed by atoms with Crippen LogP contribution in [0.2, 0.25) is 0 Å². The van der Waals surface area contributed by atoms with E-state index in [1.165, 1.54) is 48.6 Å². The molecule has 0 saturated heterocycles. The number of aryl methyl sites for hydroxylation is 2. The predicted molar refractivity (Wildman–Crippen MR) is 72.8 cm³/mol. The number of fused-ring (bicyclic) bond motifs is 1. The Labute approximate surface area is 107 Å². The van der Waals surface area contributed by atoms with Crippen molar-refractivity contribution in [2.45, 2.75) is 44.9 Å². The molecule has 16 heavy (non-hydrogen) atoms. The van der Waals surface area contributed by atoms with E-state index in [4.69, 9.17) is 5.73 Å². The first kappa shape index (κ1) is 12.1. The Balaban J connectivity index is 2.12. The van der Waals surface area contributed by atoms with E-state index in [1.54, 1.807) is 11.1 Å². The number of nitrogens with two attached hydrogens (primary N) is 1. The highest BCUT2D eigenvalue weighted by Crippen LogP contribution is 2.30. The molecular weight excluding hydrogens is 262 g/mol. The van der Waals surface area contributed by atoms with Gasteiger partial charge in [0.1, 0.15) is 0 Å². The van der Waals surface area contributed by atoms with Gasteiger partial charge in [-0.2, -0.15) is 0 Å². The highest BCUT2D eigenvalue weighted by Gasteiger charge is 2.13. The van der Waals surface area contributed by atoms with Crippen molar-refractivity contribution < 1.29 is 0 Å². The Hall–Kier alpha value is -0.340. The van der Waals surface area contributed by atoms with Crippen molar-refractivity contribution in [3.63, 3.8) is 0 Å². The molecule has 0 aromatic heterocycles. The number of benzene rings is 1. The zero-order valence-electron chi connectivity index (χ0n) is 9.77. The molecule has 1 aliphatic rings. The van der Waals surface area contributed by atoms with Crippen LogP contribution in [0.3, 0.4) is 0 Å². The van der Waals surface area contributed by atoms with E-state index in [9.17, 15) is 0 Å². The molecule has 0 heterocycles. The summed E-state index contributed by atoms with van der Waals surface area (Å²) in [5.41, 5.74) is 10.1. The third kappa shape index (κ3) is 2.86. The fourth-order valence-electron chi connectivity index (χ4n) is 2.49. The Bertz CT molecular complexity index is 360. The van der Waals surface area contributed by atoms with E-state index < -0.39 is 0 Å². The highest BCUT2D eigenvalue weighted by atomic mass is 79.9. The maximum atomic E-state index is 5.52. The third-order valence-electron chi connectivity index (χ3n) is 3.39. The molecule has 0 bridgehead atoms. The molecule has 0 spiro atoms. The molecule has 2 heteroatoms. The average molecular weight is 282 g/mol. The molecule has 2 rings (SSSR count). The molecule has 0 unspecified atom stereocenters. The second-order valence-corrected chi connectivity index (χ2v) is 5.52. The lowest BCUT2D eigenvalue weighted by molar-refractivity contribution is 0.679. The molecule has 88 valence electrons. The Morgan fingerprint density at radius 2 is 1.94 bits per heavy atom. The van der Waals surface area contributed by atoms with Crippen molar-refractivity contribution in [3.05, 3.63) is 33.3 Å². The van der Waals surface area contributed by atoms with Crippen LogP contribution in [0.5, 0.6) is 0 Å². The second-order valence-electron chi connectivity index (χ2n) is 4.67. The summed E-state index contributed by atoms with van der Waals surface area (Å²) >= 11 is 3.72. The van der Waals surface area contributed by atoms with Crippen molar-refractivity contribution in [1.29, 1.82) is 0 Å². The summed E-state index contributed by atoms with van der Waals surface area (Å²) in [6.07, 6.45) is 8.72. The Morgan fingerprint density at radius 1 is 1.12 bits per heavy atom. The Morgan fingerprint density at radius 3 is 2.75 bits per heavy atom. The summed E-state index contributed by atoms with van der Waals surface area (Å²) in [7, 11) is 0. The summed E-state index contributed by atoms with van der Waals surface area (Å²) in [6, 6.07) is 4.72. The standard InChI is InChI=1S/C14H20BrN/c15-14-10-11(5-3-4-8-16)9-12-6-1-2-7-13(12)14/h9-10H,1-8,16H2. The molecule has 1 aromatic rings. The summed E-state index contributed by atoms with van der Waals surface area (Å²) in [4.78, 5) is 0. The van der Waals surface area contributed by atoms with Gasteiger partial charge in [0.15, 0.2) is 0 Å². The van der Waals surface area contributed by atoms with Gasteiger partial charge in [0, 0.05) is 4.47 Å². The van der Waals surface area contributed by atoms with Gasteiger partial charge in [0.25, 0.3) is 0 Å². The van der Waals surface area contributed by atoms with Gasteiger partial charge < -0.3 is 5.73 Å². The number of hydrogen-bond acceptors (Lipinski definition) is 1. The van der Waals surface area contributed by atoms with E-state index in [2.05, 4.69) is 28.1 Å². The van der Waals surface area contributed by atoms with E-state index in [0.29, 0.717) is 0 Å². The number of rotatable bonds is 4. The fourth-order valence-corrected chi connectivity index (χ4v) is 3.24. The third-order valence-corrected chi connectivity index (χ3v) is 4.10. The fraction of sp³-hybridized carbons (Fsp3) is 0.571. The van der Waals surface area contributed by atoms with Crippen LogP contribution in [0.4, 0.5) is 0 Å². The van der Waals surface area contributed by atoms with Crippen LogP contribution in [0.1, 0.15) is 42.4 Å². The van der Waals surface area contributed by atoms with Crippen molar-refractivity contribution in [3.8, 4) is 0 Å². The minimum atomic E-state index is 0.812. The van der Waals surface area contributed by atoms with Crippen LogP contribution in [-0.4, -0.2) is 6.54 Å². The van der Waals surface area contributed by atoms with Crippen molar-refractivity contribution in [1.82, 2.24) is 0 Å². The quantitative estimate of drug-likeness (QED) is 0.839. The van der Waals surface area contributed by atoms with Gasteiger partial charge in [-0.05, 0) is 74.2 Å². The first-order valence-electron chi connectivity index (χ1n) is 6.31. The van der Waals surface area contributed by atoms with Crippen LogP contribution in [-0.2, 0) is 19.3 Å². The normalized spacial score (nSPS) is 14.9. The van der Waals surface area contributed by atoms with Gasteiger partial charge >= 0.3 is 0 Å². The van der Waals surface area contributed by atoms with E-state index in [0.717, 1.165) is 13.0 Å². The van der Waals surface area contributed by atoms with Gasteiger partial charge in [-0.1, -0.05) is 22.0 Å². The minimum absolute atomic E-state index is 0.812. The molecule has 0 amide bonds. The predicted octanol–water partition coefficient (Wildman–Crippen LogP) is 3.61. The lowest BCUT2D eigenvalue weighted by atomic mass is 9.89. The maximum absolute atomic E-state index is 5.52. The lowest BCUT2D eigenvalue weighted by Crippen LogP contribution is -2.05. The smallest absolute Gasteiger partial charge is 0.0212 e. The minimum Gasteiger partial charge on any atom is -0.330 e. The van der Waals surface area contributed by atoms with Crippen LogP contribution in [0, 0.1) is 0 Å². The van der Waals surface area contributed by atoms with Crippen LogP contribution in [0.25, 0.3) is 0 Å². The lowest BCUT2D eigenvalue weighted by Gasteiger charge is -2.18. The monoisotopic (exact) mass is 281 g/mol. The van der Waals surface area contributed by atoms with E-state index in [1.807, 2.05) is 0 Å². The summed E-state index contributed by atoms with van der Waals surface area (Å²) < 4.78 is 1.33. The van der Waals surface area contributed by atoms with Crippen LogP contribution in [0.15, 0.2) is 16.6 Å². The number of unbranched alkanes of at least 4 members (excludes halogenated alkanes) is 1. The van der Waals surface area contributed by atoms with Gasteiger partial charge in [0.05, 0.1) is 0 Å². The average Bonchev–Trinajstić information content (AvgIpc) is 2.30. The van der Waals surface area contributed by atoms with Crippen LogP contribution >= 0.6 is 15.9 Å². The van der Waals surface area contributed by atoms with Crippen LogP contribution < -0.4 is 5.73 Å². The number of hydrogen-bond donors (Lipinski definition) is 1. The van der Waals surface area contributed by atoms with Crippen molar-refractivity contribution in [2.24, 2.45) is 5.73 Å². The first-order valence-corrected chi connectivity index (χ1v) is 7.11. The molecule has 0 fully saturated rings. The van der Waals surface area contributed by atoms with Gasteiger partial charge in [0.2, 0.25) is 0 Å². The molecule has 2 N–H and O–H groups in total. The number of halogens is 1. The van der Waals surface area contributed by atoms with Gasteiger partial charge in [-0.15, -0.1) is 0 Å².